The number of ether oxygens (including phenoxy) is 1. The van der Waals surface area contributed by atoms with Crippen LogP contribution in [0.5, 0.6) is 5.75 Å². The third-order valence-corrected chi connectivity index (χ3v) is 3.76. The average Bonchev–Trinajstić information content (AvgIpc) is 2.96. The highest BCUT2D eigenvalue weighted by Gasteiger charge is 2.18. The Labute approximate surface area is 142 Å². The fraction of sp³-hybridized carbons (Fsp3) is 0.263. The first kappa shape index (κ1) is 17.4. The highest BCUT2D eigenvalue weighted by atomic mass is 16.5. The van der Waals surface area contributed by atoms with Gasteiger partial charge in [-0.25, -0.2) is 4.98 Å². The maximum atomic E-state index is 9.63. The number of nitrogens with zero attached hydrogens (tertiary/aromatic N) is 3. The van der Waals surface area contributed by atoms with Gasteiger partial charge in [0.1, 0.15) is 17.6 Å². The Bertz CT molecular complexity index is 873. The van der Waals surface area contributed by atoms with Crippen molar-refractivity contribution in [3.63, 3.8) is 0 Å². The second-order valence-electron chi connectivity index (χ2n) is 4.93. The Balaban J connectivity index is 0.00000100. The maximum Gasteiger partial charge on any atom is 0.123 e. The van der Waals surface area contributed by atoms with Crippen molar-refractivity contribution in [2.24, 2.45) is 0 Å². The first-order chi connectivity index (χ1) is 11.7. The third kappa shape index (κ3) is 2.91. The number of rotatable bonds is 3. The van der Waals surface area contributed by atoms with Crippen LogP contribution in [-0.4, -0.2) is 16.7 Å². The predicted octanol–water partition coefficient (Wildman–Crippen LogP) is 4.21. The van der Waals surface area contributed by atoms with E-state index in [1.807, 2.05) is 45.0 Å². The molecule has 0 fully saturated rings. The minimum atomic E-state index is 0.461. The van der Waals surface area contributed by atoms with Gasteiger partial charge in [0.2, 0.25) is 0 Å². The molecule has 5 heteroatoms. The standard InChI is InChI=1S/C17H16N4O.C2H6/c1-3-21-15-8-12(22-2)5-6-13(15)14(9-18)17(21)11-4-7-16(19)20-10-11;1-2/h4-8,10H,3H2,1-2H3,(H2,19,20);1-2H3. The Morgan fingerprint density at radius 1 is 1.25 bits per heavy atom. The number of methoxy groups -OCH3 is 1. The molecule has 3 rings (SSSR count). The van der Waals surface area contributed by atoms with Gasteiger partial charge in [-0.3, -0.25) is 0 Å². The van der Waals surface area contributed by atoms with Gasteiger partial charge in [-0.05, 0) is 31.2 Å². The molecule has 0 unspecified atom stereocenters. The number of nitrogen functional groups attached to an aromatic ring is 1. The summed E-state index contributed by atoms with van der Waals surface area (Å²) in [4.78, 5) is 4.14. The minimum absolute atomic E-state index is 0.461. The van der Waals surface area contributed by atoms with E-state index in [4.69, 9.17) is 10.5 Å². The number of pyridine rings is 1. The molecule has 2 heterocycles. The molecular formula is C19H22N4O. The summed E-state index contributed by atoms with van der Waals surface area (Å²) in [5.74, 6) is 1.23. The molecule has 0 aliphatic heterocycles. The SMILES string of the molecule is CC.CCn1c(-c2ccc(N)nc2)c(C#N)c2ccc(OC)cc21. The second-order valence-corrected chi connectivity index (χ2v) is 4.93. The van der Waals surface area contributed by atoms with E-state index in [1.54, 1.807) is 19.4 Å². The van der Waals surface area contributed by atoms with Gasteiger partial charge in [0.25, 0.3) is 0 Å². The fourth-order valence-electron chi connectivity index (χ4n) is 2.74. The van der Waals surface area contributed by atoms with Crippen molar-refractivity contribution in [2.45, 2.75) is 27.3 Å². The van der Waals surface area contributed by atoms with Gasteiger partial charge in [0, 0.05) is 29.8 Å². The highest BCUT2D eigenvalue weighted by molar-refractivity contribution is 5.95. The second kappa shape index (κ2) is 7.51. The van der Waals surface area contributed by atoms with Crippen molar-refractivity contribution in [1.82, 2.24) is 9.55 Å². The number of anilines is 1. The summed E-state index contributed by atoms with van der Waals surface area (Å²) in [6, 6.07) is 11.7. The van der Waals surface area contributed by atoms with E-state index >= 15 is 0 Å². The van der Waals surface area contributed by atoms with E-state index in [0.29, 0.717) is 11.4 Å². The largest absolute Gasteiger partial charge is 0.497 e. The van der Waals surface area contributed by atoms with Crippen LogP contribution in [0, 0.1) is 11.3 Å². The molecule has 0 spiro atoms. The predicted molar refractivity (Wildman–Crippen MR) is 97.9 cm³/mol. The van der Waals surface area contributed by atoms with Crippen LogP contribution < -0.4 is 10.5 Å². The lowest BCUT2D eigenvalue weighted by molar-refractivity contribution is 0.415. The van der Waals surface area contributed by atoms with Crippen LogP contribution in [0.15, 0.2) is 36.5 Å². The zero-order valence-corrected chi connectivity index (χ0v) is 14.5. The van der Waals surface area contributed by atoms with Gasteiger partial charge in [-0.2, -0.15) is 5.26 Å². The van der Waals surface area contributed by atoms with Gasteiger partial charge in [0.05, 0.1) is 23.9 Å². The van der Waals surface area contributed by atoms with E-state index in [1.165, 1.54) is 0 Å². The van der Waals surface area contributed by atoms with Crippen molar-refractivity contribution in [3.05, 3.63) is 42.1 Å². The van der Waals surface area contributed by atoms with Crippen LogP contribution in [0.1, 0.15) is 26.3 Å². The summed E-state index contributed by atoms with van der Waals surface area (Å²) in [5.41, 5.74) is 9.02. The van der Waals surface area contributed by atoms with Gasteiger partial charge in [0.15, 0.2) is 0 Å². The summed E-state index contributed by atoms with van der Waals surface area (Å²) in [5, 5.41) is 10.5. The fourth-order valence-corrected chi connectivity index (χ4v) is 2.74. The number of benzene rings is 1. The molecule has 2 N–H and O–H groups in total. The molecule has 0 saturated heterocycles. The van der Waals surface area contributed by atoms with Crippen LogP contribution in [0.25, 0.3) is 22.2 Å². The Hall–Kier alpha value is -3.00. The summed E-state index contributed by atoms with van der Waals surface area (Å²) in [6.07, 6.45) is 1.70. The van der Waals surface area contributed by atoms with Gasteiger partial charge in [-0.15, -0.1) is 0 Å². The van der Waals surface area contributed by atoms with E-state index in [0.717, 1.165) is 34.5 Å². The molecule has 124 valence electrons. The highest BCUT2D eigenvalue weighted by Crippen LogP contribution is 2.35. The molecule has 0 aliphatic rings. The van der Waals surface area contributed by atoms with Crippen molar-refractivity contribution in [2.75, 3.05) is 12.8 Å². The number of hydrogen-bond acceptors (Lipinski definition) is 4. The van der Waals surface area contributed by atoms with E-state index in [2.05, 4.69) is 15.6 Å². The summed E-state index contributed by atoms with van der Waals surface area (Å²) < 4.78 is 7.40. The van der Waals surface area contributed by atoms with Gasteiger partial charge in [-0.1, -0.05) is 13.8 Å². The van der Waals surface area contributed by atoms with Crippen molar-refractivity contribution in [1.29, 1.82) is 5.26 Å². The summed E-state index contributed by atoms with van der Waals surface area (Å²) in [6.45, 7) is 6.79. The number of nitrogens with two attached hydrogens (primary N) is 1. The Morgan fingerprint density at radius 3 is 2.54 bits per heavy atom. The molecule has 0 radical (unpaired) electrons. The lowest BCUT2D eigenvalue weighted by atomic mass is 10.1. The molecule has 1 aromatic carbocycles. The van der Waals surface area contributed by atoms with Crippen LogP contribution in [0.2, 0.25) is 0 Å². The van der Waals surface area contributed by atoms with Gasteiger partial charge < -0.3 is 15.0 Å². The summed E-state index contributed by atoms with van der Waals surface area (Å²) in [7, 11) is 1.64. The topological polar surface area (TPSA) is 76.9 Å². The molecule has 0 saturated carbocycles. The van der Waals surface area contributed by atoms with Crippen LogP contribution in [-0.2, 0) is 6.54 Å². The molecule has 0 atom stereocenters. The zero-order valence-electron chi connectivity index (χ0n) is 14.5. The first-order valence-electron chi connectivity index (χ1n) is 8.01. The molecule has 0 bridgehead atoms. The van der Waals surface area contributed by atoms with Crippen molar-refractivity contribution in [3.8, 4) is 23.1 Å². The normalized spacial score (nSPS) is 9.96. The van der Waals surface area contributed by atoms with E-state index in [-0.39, 0.29) is 0 Å². The van der Waals surface area contributed by atoms with E-state index < -0.39 is 0 Å². The van der Waals surface area contributed by atoms with Crippen LogP contribution in [0.4, 0.5) is 5.82 Å². The van der Waals surface area contributed by atoms with Crippen LogP contribution in [0.3, 0.4) is 0 Å². The average molecular weight is 322 g/mol. The third-order valence-electron chi connectivity index (χ3n) is 3.76. The molecule has 0 aliphatic carbocycles. The number of hydrogen-bond donors (Lipinski definition) is 1. The monoisotopic (exact) mass is 322 g/mol. The molecule has 2 aromatic heterocycles. The van der Waals surface area contributed by atoms with Crippen molar-refractivity contribution >= 4 is 16.7 Å². The number of fused-ring (bicyclic) bond motifs is 1. The van der Waals surface area contributed by atoms with Gasteiger partial charge >= 0.3 is 0 Å². The van der Waals surface area contributed by atoms with E-state index in [9.17, 15) is 5.26 Å². The molecule has 5 nitrogen and oxygen atoms in total. The molecule has 0 amide bonds. The molecule has 24 heavy (non-hydrogen) atoms. The lowest BCUT2D eigenvalue weighted by Gasteiger charge is -2.09. The number of aryl methyl sites for hydroxylation is 1. The minimum Gasteiger partial charge on any atom is -0.497 e. The van der Waals surface area contributed by atoms with Crippen molar-refractivity contribution < 1.29 is 4.74 Å². The Kier molecular flexibility index (Phi) is 5.43. The zero-order chi connectivity index (χ0) is 17.7. The number of nitriles is 1. The number of aromatic nitrogens is 2. The molecule has 3 aromatic rings. The Morgan fingerprint density at radius 2 is 2.00 bits per heavy atom. The maximum absolute atomic E-state index is 9.63. The first-order valence-corrected chi connectivity index (χ1v) is 8.01. The lowest BCUT2D eigenvalue weighted by Crippen LogP contribution is -1.99. The van der Waals surface area contributed by atoms with Crippen LogP contribution >= 0.6 is 0 Å². The quantitative estimate of drug-likeness (QED) is 0.783. The molecular weight excluding hydrogens is 300 g/mol. The smallest absolute Gasteiger partial charge is 0.123 e. The summed E-state index contributed by atoms with van der Waals surface area (Å²) >= 11 is 0.